The summed E-state index contributed by atoms with van der Waals surface area (Å²) in [4.78, 5) is 0. The van der Waals surface area contributed by atoms with E-state index in [-0.39, 0.29) is 6.61 Å². The Kier molecular flexibility index (Phi) is 20.2. The molecule has 0 bridgehead atoms. The second-order valence-corrected chi connectivity index (χ2v) is 10.7. The van der Waals surface area contributed by atoms with Gasteiger partial charge >= 0.3 is 0 Å². The number of hydrogen-bond donors (Lipinski definition) is 4. The molecule has 6 atom stereocenters. The van der Waals surface area contributed by atoms with E-state index < -0.39 is 50.0 Å². The van der Waals surface area contributed by atoms with Gasteiger partial charge in [-0.15, -0.1) is 0 Å². The molecule has 1 aliphatic rings. The van der Waals surface area contributed by atoms with Gasteiger partial charge in [-0.05, 0) is 12.3 Å². The summed E-state index contributed by atoms with van der Waals surface area (Å²) in [6, 6.07) is 0. The van der Waals surface area contributed by atoms with Gasteiger partial charge in [-0.2, -0.15) is 0 Å². The van der Waals surface area contributed by atoms with E-state index in [1.165, 1.54) is 84.2 Å². The first-order valence-electron chi connectivity index (χ1n) is 14.4. The highest BCUT2D eigenvalue weighted by atomic mass is 16.7. The smallest absolute Gasteiger partial charge is 0.186 e. The Bertz CT molecular complexity index is 492. The maximum atomic E-state index is 10.6. The molecule has 0 amide bonds. The Balaban J connectivity index is 2.14. The van der Waals surface area contributed by atoms with Crippen LogP contribution in [0.2, 0.25) is 0 Å². The van der Waals surface area contributed by atoms with Gasteiger partial charge < -0.3 is 39.4 Å². The van der Waals surface area contributed by atoms with E-state index in [4.69, 9.17) is 24.1 Å². The minimum atomic E-state index is -1.14. The number of rotatable bonds is 23. The number of aliphatic hydroxyl groups excluding tert-OH is 4. The number of unbranched alkanes of at least 4 members (excludes halogenated alkanes) is 12. The molecule has 0 spiro atoms. The van der Waals surface area contributed by atoms with Crippen molar-refractivity contribution >= 4 is 0 Å². The number of methoxy groups -OCH3 is 1. The summed E-state index contributed by atoms with van der Waals surface area (Å²) in [6.07, 6.45) is 12.6. The van der Waals surface area contributed by atoms with E-state index in [1.54, 1.807) is 0 Å². The van der Waals surface area contributed by atoms with Gasteiger partial charge in [0.25, 0.3) is 0 Å². The Morgan fingerprint density at radius 3 is 1.75 bits per heavy atom. The molecule has 0 radical (unpaired) electrons. The van der Waals surface area contributed by atoms with Gasteiger partial charge in [-0.25, -0.2) is 0 Å². The third-order valence-electron chi connectivity index (χ3n) is 6.96. The molecule has 1 aliphatic heterocycles. The molecule has 4 N–H and O–H groups in total. The molecule has 0 saturated carbocycles. The van der Waals surface area contributed by atoms with Crippen LogP contribution >= 0.6 is 0 Å². The molecule has 8 heteroatoms. The molecule has 1 heterocycles. The van der Waals surface area contributed by atoms with Crippen LogP contribution < -0.4 is 0 Å². The SMILES string of the molecule is COC1O[C@H](CO)[C@@H](O)[C@H](OCC(O)CO)[C@H]1OCCCCCCCCCCCCCCCC(C)C. The van der Waals surface area contributed by atoms with Crippen molar-refractivity contribution in [3.05, 3.63) is 0 Å². The number of hydrogen-bond acceptors (Lipinski definition) is 8. The van der Waals surface area contributed by atoms with Crippen molar-refractivity contribution in [1.82, 2.24) is 0 Å². The summed E-state index contributed by atoms with van der Waals surface area (Å²) >= 11 is 0. The summed E-state index contributed by atoms with van der Waals surface area (Å²) in [5, 5.41) is 38.7. The lowest BCUT2D eigenvalue weighted by atomic mass is 9.98. The van der Waals surface area contributed by atoms with Gasteiger partial charge in [0.1, 0.15) is 30.5 Å². The quantitative estimate of drug-likeness (QED) is 0.150. The third-order valence-corrected chi connectivity index (χ3v) is 6.96. The first kappa shape index (κ1) is 33.7. The largest absolute Gasteiger partial charge is 0.394 e. The number of ether oxygens (including phenoxy) is 4. The first-order chi connectivity index (χ1) is 17.4. The Morgan fingerprint density at radius 1 is 0.750 bits per heavy atom. The molecule has 8 nitrogen and oxygen atoms in total. The molecule has 36 heavy (non-hydrogen) atoms. The molecule has 0 aromatic rings. The van der Waals surface area contributed by atoms with Crippen LogP contribution in [0.3, 0.4) is 0 Å². The van der Waals surface area contributed by atoms with Crippen molar-refractivity contribution in [3.8, 4) is 0 Å². The summed E-state index contributed by atoms with van der Waals surface area (Å²) in [7, 11) is 1.47. The van der Waals surface area contributed by atoms with Gasteiger partial charge in [-0.3, -0.25) is 0 Å². The van der Waals surface area contributed by atoms with Gasteiger partial charge in [-0.1, -0.05) is 97.3 Å². The van der Waals surface area contributed by atoms with Crippen LogP contribution in [0.4, 0.5) is 0 Å². The van der Waals surface area contributed by atoms with Gasteiger partial charge in [0.15, 0.2) is 6.29 Å². The van der Waals surface area contributed by atoms with Crippen molar-refractivity contribution in [2.75, 3.05) is 33.5 Å². The summed E-state index contributed by atoms with van der Waals surface area (Å²) in [6.45, 7) is 4.08. The Morgan fingerprint density at radius 2 is 1.28 bits per heavy atom. The molecule has 0 aromatic heterocycles. The second kappa shape index (κ2) is 21.6. The zero-order valence-electron chi connectivity index (χ0n) is 23.2. The standard InChI is InChI=1S/C28H56O8/c1-22(2)17-15-13-11-9-7-5-4-6-8-10-12-14-16-18-34-27-26(35-21-23(31)19-29)25(32)24(20-30)36-28(27)33-3/h22-32H,4-21H2,1-3H3/t23?,24-,25-,26+,27-,28?/m1/s1. The van der Waals surface area contributed by atoms with Crippen molar-refractivity contribution in [1.29, 1.82) is 0 Å². The minimum absolute atomic E-state index is 0.162. The predicted octanol–water partition coefficient (Wildman–Crippen LogP) is 3.95. The van der Waals surface area contributed by atoms with E-state index in [0.717, 1.165) is 18.8 Å². The molecular formula is C28H56O8. The van der Waals surface area contributed by atoms with Crippen LogP contribution in [0, 0.1) is 5.92 Å². The Hall–Kier alpha value is -0.320. The van der Waals surface area contributed by atoms with Gasteiger partial charge in [0, 0.05) is 13.7 Å². The van der Waals surface area contributed by atoms with E-state index in [0.29, 0.717) is 6.61 Å². The average molecular weight is 521 g/mol. The van der Waals surface area contributed by atoms with Crippen molar-refractivity contribution < 1.29 is 39.4 Å². The lowest BCUT2D eigenvalue weighted by Gasteiger charge is -2.43. The third kappa shape index (κ3) is 14.6. The van der Waals surface area contributed by atoms with Crippen LogP contribution in [-0.4, -0.2) is 90.8 Å². The fourth-order valence-corrected chi connectivity index (χ4v) is 4.69. The van der Waals surface area contributed by atoms with Crippen LogP contribution in [-0.2, 0) is 18.9 Å². The maximum Gasteiger partial charge on any atom is 0.186 e. The molecule has 1 saturated heterocycles. The molecule has 0 aliphatic carbocycles. The monoisotopic (exact) mass is 520 g/mol. The predicted molar refractivity (Wildman–Crippen MR) is 141 cm³/mol. The Labute approximate surface area is 219 Å². The molecule has 1 rings (SSSR count). The zero-order chi connectivity index (χ0) is 26.6. The molecule has 216 valence electrons. The number of aliphatic hydroxyl groups is 4. The highest BCUT2D eigenvalue weighted by Gasteiger charge is 2.47. The van der Waals surface area contributed by atoms with E-state index >= 15 is 0 Å². The van der Waals surface area contributed by atoms with E-state index in [1.807, 2.05) is 0 Å². The minimum Gasteiger partial charge on any atom is -0.394 e. The van der Waals surface area contributed by atoms with Crippen LogP contribution in [0.25, 0.3) is 0 Å². The van der Waals surface area contributed by atoms with E-state index in [9.17, 15) is 15.3 Å². The normalized spacial score (nSPS) is 25.5. The fourth-order valence-electron chi connectivity index (χ4n) is 4.69. The van der Waals surface area contributed by atoms with Crippen LogP contribution in [0.15, 0.2) is 0 Å². The fraction of sp³-hybridized carbons (Fsp3) is 1.00. The second-order valence-electron chi connectivity index (χ2n) is 10.7. The lowest BCUT2D eigenvalue weighted by Crippen LogP contribution is -2.61. The maximum absolute atomic E-state index is 10.6. The van der Waals surface area contributed by atoms with Gasteiger partial charge in [0.05, 0.1) is 19.8 Å². The highest BCUT2D eigenvalue weighted by Crippen LogP contribution is 2.27. The highest BCUT2D eigenvalue weighted by molar-refractivity contribution is 4.91. The van der Waals surface area contributed by atoms with E-state index in [2.05, 4.69) is 13.8 Å². The van der Waals surface area contributed by atoms with Crippen LogP contribution in [0.1, 0.15) is 104 Å². The first-order valence-corrected chi connectivity index (χ1v) is 14.4. The molecule has 2 unspecified atom stereocenters. The summed E-state index contributed by atoms with van der Waals surface area (Å²) in [5.74, 6) is 0.840. The summed E-state index contributed by atoms with van der Waals surface area (Å²) < 4.78 is 22.6. The molecule has 0 aromatic carbocycles. The summed E-state index contributed by atoms with van der Waals surface area (Å²) in [5.41, 5.74) is 0. The van der Waals surface area contributed by atoms with Crippen molar-refractivity contribution in [3.63, 3.8) is 0 Å². The topological polar surface area (TPSA) is 118 Å². The zero-order valence-corrected chi connectivity index (χ0v) is 23.2. The van der Waals surface area contributed by atoms with Crippen LogP contribution in [0.5, 0.6) is 0 Å². The van der Waals surface area contributed by atoms with Gasteiger partial charge in [0.2, 0.25) is 0 Å². The average Bonchev–Trinajstić information content (AvgIpc) is 2.87. The lowest BCUT2D eigenvalue weighted by molar-refractivity contribution is -0.312. The molecular weight excluding hydrogens is 464 g/mol. The van der Waals surface area contributed by atoms with Crippen molar-refractivity contribution in [2.24, 2.45) is 5.92 Å². The van der Waals surface area contributed by atoms with Crippen molar-refractivity contribution in [2.45, 2.75) is 141 Å². The molecule has 1 fully saturated rings.